The lowest BCUT2D eigenvalue weighted by molar-refractivity contribution is 0.144. The Balaban J connectivity index is 1.81. The van der Waals surface area contributed by atoms with Crippen LogP contribution in [0.1, 0.15) is 0 Å². The van der Waals surface area contributed by atoms with Crippen molar-refractivity contribution in [1.29, 1.82) is 0 Å². The van der Waals surface area contributed by atoms with E-state index in [4.69, 9.17) is 9.84 Å². The van der Waals surface area contributed by atoms with Crippen LogP contribution in [0, 0.1) is 5.82 Å². The van der Waals surface area contributed by atoms with Gasteiger partial charge in [0.25, 0.3) is 0 Å². The fourth-order valence-corrected chi connectivity index (χ4v) is 3.02. The fourth-order valence-electron chi connectivity index (χ4n) is 3.02. The molecular weight excluding hydrogens is 359 g/mol. The van der Waals surface area contributed by atoms with Gasteiger partial charge in [-0.3, -0.25) is 0 Å². The second kappa shape index (κ2) is 7.36. The summed E-state index contributed by atoms with van der Waals surface area (Å²) in [7, 11) is 0. The van der Waals surface area contributed by atoms with Gasteiger partial charge >= 0.3 is 6.16 Å². The van der Waals surface area contributed by atoms with Crippen LogP contribution >= 0.6 is 0 Å². The van der Waals surface area contributed by atoms with E-state index in [1.807, 2.05) is 54.6 Å². The van der Waals surface area contributed by atoms with E-state index >= 15 is 0 Å². The van der Waals surface area contributed by atoms with Crippen molar-refractivity contribution >= 4 is 6.16 Å². The maximum atomic E-state index is 14.4. The van der Waals surface area contributed by atoms with Crippen LogP contribution in [0.5, 0.6) is 5.75 Å². The van der Waals surface area contributed by atoms with Crippen molar-refractivity contribution in [2.45, 2.75) is 0 Å². The number of hydrogen-bond acceptors (Lipinski definition) is 3. The molecule has 5 nitrogen and oxygen atoms in total. The van der Waals surface area contributed by atoms with Crippen LogP contribution < -0.4 is 4.74 Å². The number of benzene rings is 3. The molecule has 0 atom stereocenters. The van der Waals surface area contributed by atoms with Crippen LogP contribution in [0.3, 0.4) is 0 Å². The van der Waals surface area contributed by atoms with Crippen LogP contribution in [-0.4, -0.2) is 21.0 Å². The number of halogens is 1. The molecule has 0 amide bonds. The highest BCUT2D eigenvalue weighted by Gasteiger charge is 2.20. The molecule has 6 heteroatoms. The van der Waals surface area contributed by atoms with Crippen molar-refractivity contribution in [3.05, 3.63) is 90.9 Å². The van der Waals surface area contributed by atoms with Crippen molar-refractivity contribution in [3.63, 3.8) is 0 Å². The smallest absolute Gasteiger partial charge is 0.449 e. The summed E-state index contributed by atoms with van der Waals surface area (Å²) in [6.45, 7) is 0. The van der Waals surface area contributed by atoms with E-state index in [0.717, 1.165) is 11.1 Å². The molecule has 0 saturated carbocycles. The number of carboxylic acid groups (broad SMARTS) is 1. The molecule has 1 N–H and O–H groups in total. The molecule has 0 fully saturated rings. The summed E-state index contributed by atoms with van der Waals surface area (Å²) < 4.78 is 20.7. The Labute approximate surface area is 160 Å². The monoisotopic (exact) mass is 374 g/mol. The van der Waals surface area contributed by atoms with Crippen molar-refractivity contribution in [2.75, 3.05) is 0 Å². The van der Waals surface area contributed by atoms with Crippen LogP contribution in [0.25, 0.3) is 28.1 Å². The molecule has 0 saturated heterocycles. The second-order valence-corrected chi connectivity index (χ2v) is 6.03. The third-order valence-electron chi connectivity index (χ3n) is 4.28. The SMILES string of the molecule is O=C(O)Oc1cnn(-c2ccc(-c3ccccc3)cc2)c1-c1ccccc1F. The largest absolute Gasteiger partial charge is 0.511 e. The minimum atomic E-state index is -1.49. The van der Waals surface area contributed by atoms with Crippen LogP contribution in [-0.2, 0) is 0 Å². The molecule has 4 aromatic rings. The molecule has 0 bridgehead atoms. The molecule has 1 heterocycles. The summed E-state index contributed by atoms with van der Waals surface area (Å²) in [4.78, 5) is 11.0. The highest BCUT2D eigenvalue weighted by Crippen LogP contribution is 2.34. The van der Waals surface area contributed by atoms with Crippen molar-refractivity contribution in [1.82, 2.24) is 9.78 Å². The van der Waals surface area contributed by atoms with E-state index in [1.54, 1.807) is 18.2 Å². The second-order valence-electron chi connectivity index (χ2n) is 6.03. The van der Waals surface area contributed by atoms with Gasteiger partial charge in [0.15, 0.2) is 5.75 Å². The first-order valence-electron chi connectivity index (χ1n) is 8.53. The minimum absolute atomic E-state index is 0.0373. The standard InChI is InChI=1S/C22H15FN2O3/c23-19-9-5-4-8-18(19)21-20(28-22(26)27)14-24-25(21)17-12-10-16(11-13-17)15-6-2-1-3-7-15/h1-14H,(H,26,27). The Hall–Kier alpha value is -3.93. The molecule has 0 aliphatic heterocycles. The first kappa shape index (κ1) is 17.5. The van der Waals surface area contributed by atoms with Gasteiger partial charge in [0, 0.05) is 5.56 Å². The number of ether oxygens (including phenoxy) is 1. The summed E-state index contributed by atoms with van der Waals surface area (Å²) in [5.74, 6) is -0.537. The average molecular weight is 374 g/mol. The van der Waals surface area contributed by atoms with Crippen LogP contribution in [0.4, 0.5) is 9.18 Å². The summed E-state index contributed by atoms with van der Waals surface area (Å²) in [6, 6.07) is 23.5. The maximum absolute atomic E-state index is 14.4. The molecule has 0 radical (unpaired) electrons. The van der Waals surface area contributed by atoms with Gasteiger partial charge in [-0.25, -0.2) is 13.9 Å². The van der Waals surface area contributed by atoms with E-state index < -0.39 is 12.0 Å². The van der Waals surface area contributed by atoms with E-state index in [2.05, 4.69) is 5.10 Å². The Morgan fingerprint density at radius 2 is 1.54 bits per heavy atom. The van der Waals surface area contributed by atoms with Gasteiger partial charge in [-0.05, 0) is 35.4 Å². The van der Waals surface area contributed by atoms with Gasteiger partial charge < -0.3 is 9.84 Å². The predicted molar refractivity (Wildman–Crippen MR) is 103 cm³/mol. The predicted octanol–water partition coefficient (Wildman–Crippen LogP) is 5.40. The average Bonchev–Trinajstić information content (AvgIpc) is 3.12. The summed E-state index contributed by atoms with van der Waals surface area (Å²) in [5, 5.41) is 13.2. The molecule has 1 aromatic heterocycles. The molecular formula is C22H15FN2O3. The number of rotatable bonds is 4. The lowest BCUT2D eigenvalue weighted by atomic mass is 10.1. The molecule has 3 aromatic carbocycles. The third kappa shape index (κ3) is 3.35. The molecule has 0 aliphatic rings. The molecule has 0 aliphatic carbocycles. The van der Waals surface area contributed by atoms with Gasteiger partial charge in [-0.2, -0.15) is 5.10 Å². The summed E-state index contributed by atoms with van der Waals surface area (Å²) in [6.07, 6.45) is -0.224. The van der Waals surface area contributed by atoms with E-state index in [9.17, 15) is 9.18 Å². The van der Waals surface area contributed by atoms with E-state index in [1.165, 1.54) is 16.9 Å². The zero-order valence-electron chi connectivity index (χ0n) is 14.6. The Morgan fingerprint density at radius 3 is 2.21 bits per heavy atom. The normalized spacial score (nSPS) is 10.6. The van der Waals surface area contributed by atoms with Crippen LogP contribution in [0.15, 0.2) is 85.1 Å². The zero-order chi connectivity index (χ0) is 19.5. The Bertz CT molecular complexity index is 1120. The number of carbonyl (C=O) groups is 1. The molecule has 4 rings (SSSR count). The lowest BCUT2D eigenvalue weighted by Crippen LogP contribution is -2.05. The van der Waals surface area contributed by atoms with Gasteiger partial charge in [0.1, 0.15) is 11.5 Å². The third-order valence-corrected chi connectivity index (χ3v) is 4.28. The highest BCUT2D eigenvalue weighted by atomic mass is 19.1. The fraction of sp³-hybridized carbons (Fsp3) is 0. The highest BCUT2D eigenvalue weighted by molar-refractivity contribution is 5.73. The summed E-state index contributed by atoms with van der Waals surface area (Å²) in [5.41, 5.74) is 3.17. The lowest BCUT2D eigenvalue weighted by Gasteiger charge is -2.11. The van der Waals surface area contributed by atoms with E-state index in [0.29, 0.717) is 5.69 Å². The van der Waals surface area contributed by atoms with Crippen molar-refractivity contribution in [3.8, 4) is 33.8 Å². The van der Waals surface area contributed by atoms with Crippen molar-refractivity contribution < 1.29 is 19.0 Å². The van der Waals surface area contributed by atoms with E-state index in [-0.39, 0.29) is 17.0 Å². The maximum Gasteiger partial charge on any atom is 0.511 e. The molecule has 138 valence electrons. The van der Waals surface area contributed by atoms with Crippen molar-refractivity contribution in [2.24, 2.45) is 0 Å². The van der Waals surface area contributed by atoms with Gasteiger partial charge in [-0.15, -0.1) is 0 Å². The molecule has 0 unspecified atom stereocenters. The zero-order valence-corrected chi connectivity index (χ0v) is 14.6. The molecule has 28 heavy (non-hydrogen) atoms. The van der Waals surface area contributed by atoms with Gasteiger partial charge in [-0.1, -0.05) is 54.6 Å². The molecule has 0 spiro atoms. The topological polar surface area (TPSA) is 64.3 Å². The quantitative estimate of drug-likeness (QED) is 0.486. The first-order valence-corrected chi connectivity index (χ1v) is 8.53. The first-order chi connectivity index (χ1) is 13.6. The number of aromatic nitrogens is 2. The Morgan fingerprint density at radius 1 is 0.893 bits per heavy atom. The number of nitrogens with zero attached hydrogens (tertiary/aromatic N) is 2. The van der Waals surface area contributed by atoms with Gasteiger partial charge in [0.05, 0.1) is 11.9 Å². The summed E-state index contributed by atoms with van der Waals surface area (Å²) >= 11 is 0. The Kier molecular flexibility index (Phi) is 4.60. The number of hydrogen-bond donors (Lipinski definition) is 1. The van der Waals surface area contributed by atoms with Crippen LogP contribution in [0.2, 0.25) is 0 Å². The minimum Gasteiger partial charge on any atom is -0.449 e. The van der Waals surface area contributed by atoms with Gasteiger partial charge in [0.2, 0.25) is 0 Å².